The number of hydrogen-bond donors (Lipinski definition) is 1. The van der Waals surface area contributed by atoms with E-state index in [2.05, 4.69) is 24.1 Å². The molecule has 0 spiro atoms. The average Bonchev–Trinajstić information content (AvgIpc) is 3.02. The summed E-state index contributed by atoms with van der Waals surface area (Å²) < 4.78 is 11.0. The zero-order valence-corrected chi connectivity index (χ0v) is 14.2. The highest BCUT2D eigenvalue weighted by Crippen LogP contribution is 2.31. The molecule has 5 heteroatoms. The van der Waals surface area contributed by atoms with Gasteiger partial charge >= 0.3 is 0 Å². The van der Waals surface area contributed by atoms with Crippen molar-refractivity contribution in [3.63, 3.8) is 0 Å². The molecule has 2 heterocycles. The molecule has 1 aromatic carbocycles. The Morgan fingerprint density at radius 2 is 2.26 bits per heavy atom. The molecule has 0 radical (unpaired) electrons. The zero-order valence-electron chi connectivity index (χ0n) is 14.2. The van der Waals surface area contributed by atoms with Gasteiger partial charge in [-0.05, 0) is 38.3 Å². The lowest BCUT2D eigenvalue weighted by Gasteiger charge is -2.26. The lowest BCUT2D eigenvalue weighted by Crippen LogP contribution is -2.44. The second-order valence-electron chi connectivity index (χ2n) is 6.77. The van der Waals surface area contributed by atoms with E-state index in [0.717, 1.165) is 43.0 Å². The molecular weight excluding hydrogens is 292 g/mol. The van der Waals surface area contributed by atoms with Crippen molar-refractivity contribution in [2.45, 2.75) is 38.8 Å². The van der Waals surface area contributed by atoms with Gasteiger partial charge < -0.3 is 14.8 Å². The smallest absolute Gasteiger partial charge is 0.227 e. The fraction of sp³-hybridized carbons (Fsp3) is 0.611. The van der Waals surface area contributed by atoms with Crippen LogP contribution >= 0.6 is 0 Å². The number of carbonyl (C=O) groups is 1. The Balaban J connectivity index is 1.57. The Kier molecular flexibility index (Phi) is 4.76. The Hall–Kier alpha value is -1.75. The van der Waals surface area contributed by atoms with Gasteiger partial charge in [-0.2, -0.15) is 0 Å². The van der Waals surface area contributed by atoms with E-state index in [1.165, 1.54) is 0 Å². The normalized spacial score (nSPS) is 24.2. The standard InChI is InChI=1S/C18H26N2O3/c1-12(2)20-7-6-15(10-20)19-18(21)14-8-13-4-5-16(22-3)9-17(13)23-11-14/h4-5,9,12,14-15H,6-8,10-11H2,1-3H3,(H,19,21). The summed E-state index contributed by atoms with van der Waals surface area (Å²) in [5.41, 5.74) is 1.08. The molecule has 2 aliphatic heterocycles. The van der Waals surface area contributed by atoms with Crippen LogP contribution in [0.5, 0.6) is 11.5 Å². The molecule has 2 aliphatic rings. The van der Waals surface area contributed by atoms with Crippen molar-refractivity contribution in [2.75, 3.05) is 26.8 Å². The molecule has 0 aliphatic carbocycles. The Morgan fingerprint density at radius 3 is 2.96 bits per heavy atom. The summed E-state index contributed by atoms with van der Waals surface area (Å²) in [4.78, 5) is 14.9. The Labute approximate surface area is 137 Å². The molecule has 1 N–H and O–H groups in total. The SMILES string of the molecule is COc1ccc2c(c1)OCC(C(=O)NC1CCN(C(C)C)C1)C2. The number of fused-ring (bicyclic) bond motifs is 1. The van der Waals surface area contributed by atoms with Crippen molar-refractivity contribution in [3.8, 4) is 11.5 Å². The minimum absolute atomic E-state index is 0.107. The number of carbonyl (C=O) groups excluding carboxylic acids is 1. The van der Waals surface area contributed by atoms with Crippen LogP contribution in [0.3, 0.4) is 0 Å². The van der Waals surface area contributed by atoms with Gasteiger partial charge in [0.1, 0.15) is 18.1 Å². The van der Waals surface area contributed by atoms with Gasteiger partial charge in [0, 0.05) is 31.2 Å². The maximum Gasteiger partial charge on any atom is 0.227 e. The molecule has 0 bridgehead atoms. The fourth-order valence-corrected chi connectivity index (χ4v) is 3.34. The van der Waals surface area contributed by atoms with E-state index in [1.54, 1.807) is 7.11 Å². The van der Waals surface area contributed by atoms with E-state index in [1.807, 2.05) is 18.2 Å². The predicted octanol–water partition coefficient (Wildman–Crippen LogP) is 1.85. The lowest BCUT2D eigenvalue weighted by atomic mass is 9.95. The van der Waals surface area contributed by atoms with E-state index in [9.17, 15) is 4.79 Å². The van der Waals surface area contributed by atoms with Crippen LogP contribution in [-0.4, -0.2) is 49.7 Å². The van der Waals surface area contributed by atoms with Crippen LogP contribution in [0.4, 0.5) is 0 Å². The van der Waals surface area contributed by atoms with Crippen LogP contribution in [0.15, 0.2) is 18.2 Å². The molecule has 0 saturated carbocycles. The molecule has 5 nitrogen and oxygen atoms in total. The molecule has 2 unspecified atom stereocenters. The number of amides is 1. The average molecular weight is 318 g/mol. The maximum absolute atomic E-state index is 12.5. The molecule has 0 aromatic heterocycles. The highest BCUT2D eigenvalue weighted by molar-refractivity contribution is 5.80. The topological polar surface area (TPSA) is 50.8 Å². The quantitative estimate of drug-likeness (QED) is 0.920. The second-order valence-corrected chi connectivity index (χ2v) is 6.77. The minimum Gasteiger partial charge on any atom is -0.497 e. The van der Waals surface area contributed by atoms with Crippen LogP contribution < -0.4 is 14.8 Å². The molecule has 2 atom stereocenters. The van der Waals surface area contributed by atoms with Crippen LogP contribution in [-0.2, 0) is 11.2 Å². The van der Waals surface area contributed by atoms with Gasteiger partial charge in [0.05, 0.1) is 13.0 Å². The number of likely N-dealkylation sites (tertiary alicyclic amines) is 1. The molecule has 23 heavy (non-hydrogen) atoms. The largest absolute Gasteiger partial charge is 0.497 e. The van der Waals surface area contributed by atoms with Crippen molar-refractivity contribution in [2.24, 2.45) is 5.92 Å². The van der Waals surface area contributed by atoms with Gasteiger partial charge in [0.25, 0.3) is 0 Å². The lowest BCUT2D eigenvalue weighted by molar-refractivity contribution is -0.126. The number of benzene rings is 1. The molecule has 1 saturated heterocycles. The minimum atomic E-state index is -0.107. The predicted molar refractivity (Wildman–Crippen MR) is 88.9 cm³/mol. The monoisotopic (exact) mass is 318 g/mol. The van der Waals surface area contributed by atoms with Gasteiger partial charge in [0.15, 0.2) is 0 Å². The molecule has 1 aromatic rings. The third kappa shape index (κ3) is 3.61. The fourth-order valence-electron chi connectivity index (χ4n) is 3.34. The number of nitrogens with one attached hydrogen (secondary N) is 1. The van der Waals surface area contributed by atoms with Crippen LogP contribution in [0.2, 0.25) is 0 Å². The van der Waals surface area contributed by atoms with Crippen molar-refractivity contribution in [3.05, 3.63) is 23.8 Å². The third-order valence-corrected chi connectivity index (χ3v) is 4.85. The summed E-state index contributed by atoms with van der Waals surface area (Å²) in [6.07, 6.45) is 1.76. The Bertz CT molecular complexity index is 573. The number of ether oxygens (including phenoxy) is 2. The maximum atomic E-state index is 12.5. The highest BCUT2D eigenvalue weighted by Gasteiger charge is 2.30. The van der Waals surface area contributed by atoms with Crippen molar-refractivity contribution in [1.82, 2.24) is 10.2 Å². The van der Waals surface area contributed by atoms with Crippen molar-refractivity contribution in [1.29, 1.82) is 0 Å². The number of hydrogen-bond acceptors (Lipinski definition) is 4. The van der Waals surface area contributed by atoms with Crippen molar-refractivity contribution >= 4 is 5.91 Å². The van der Waals surface area contributed by atoms with Crippen LogP contribution in [0.1, 0.15) is 25.8 Å². The second kappa shape index (κ2) is 6.79. The number of rotatable bonds is 4. The third-order valence-electron chi connectivity index (χ3n) is 4.85. The van der Waals surface area contributed by atoms with Gasteiger partial charge in [-0.25, -0.2) is 0 Å². The van der Waals surface area contributed by atoms with Crippen LogP contribution in [0, 0.1) is 5.92 Å². The first kappa shape index (κ1) is 16.1. The highest BCUT2D eigenvalue weighted by atomic mass is 16.5. The first-order chi connectivity index (χ1) is 11.1. The first-order valence-electron chi connectivity index (χ1n) is 8.41. The zero-order chi connectivity index (χ0) is 16.4. The van der Waals surface area contributed by atoms with Gasteiger partial charge in [-0.15, -0.1) is 0 Å². The summed E-state index contributed by atoms with van der Waals surface area (Å²) in [7, 11) is 1.64. The van der Waals surface area contributed by atoms with E-state index in [4.69, 9.17) is 9.47 Å². The van der Waals surface area contributed by atoms with Crippen molar-refractivity contribution < 1.29 is 14.3 Å². The Morgan fingerprint density at radius 1 is 1.43 bits per heavy atom. The van der Waals surface area contributed by atoms with Crippen LogP contribution in [0.25, 0.3) is 0 Å². The van der Waals surface area contributed by atoms with Gasteiger partial charge in [-0.3, -0.25) is 9.69 Å². The van der Waals surface area contributed by atoms with Gasteiger partial charge in [0.2, 0.25) is 5.91 Å². The van der Waals surface area contributed by atoms with E-state index in [-0.39, 0.29) is 17.9 Å². The van der Waals surface area contributed by atoms with E-state index < -0.39 is 0 Å². The molecule has 126 valence electrons. The molecule has 3 rings (SSSR count). The first-order valence-corrected chi connectivity index (χ1v) is 8.41. The molecule has 1 amide bonds. The molecular formula is C18H26N2O3. The van der Waals surface area contributed by atoms with Gasteiger partial charge in [-0.1, -0.05) is 6.07 Å². The number of nitrogens with zero attached hydrogens (tertiary/aromatic N) is 1. The van der Waals surface area contributed by atoms with E-state index >= 15 is 0 Å². The number of methoxy groups -OCH3 is 1. The molecule has 1 fully saturated rings. The summed E-state index contributed by atoms with van der Waals surface area (Å²) in [5.74, 6) is 1.62. The van der Waals surface area contributed by atoms with E-state index in [0.29, 0.717) is 12.6 Å². The summed E-state index contributed by atoms with van der Waals surface area (Å²) in [5, 5.41) is 3.20. The summed E-state index contributed by atoms with van der Waals surface area (Å²) in [6, 6.07) is 6.60. The summed E-state index contributed by atoms with van der Waals surface area (Å²) >= 11 is 0. The summed E-state index contributed by atoms with van der Waals surface area (Å²) in [6.45, 7) is 6.85.